The average molecular weight is 321 g/mol. The van der Waals surface area contributed by atoms with E-state index in [0.717, 1.165) is 37.3 Å². The Bertz CT molecular complexity index is 863. The molecule has 1 fully saturated rings. The fourth-order valence-electron chi connectivity index (χ4n) is 3.35. The van der Waals surface area contributed by atoms with Crippen LogP contribution in [0, 0.1) is 6.92 Å². The number of carbonyl (C=O) groups excluding carboxylic acids is 1. The number of piperidine rings is 1. The molecule has 0 aromatic carbocycles. The number of imidazole rings is 1. The third kappa shape index (κ3) is 2.64. The summed E-state index contributed by atoms with van der Waals surface area (Å²) in [5.41, 5.74) is 3.49. The molecular formula is C18H19N5O. The van der Waals surface area contributed by atoms with Crippen molar-refractivity contribution in [3.63, 3.8) is 0 Å². The summed E-state index contributed by atoms with van der Waals surface area (Å²) in [6.45, 7) is 3.34. The first kappa shape index (κ1) is 14.8. The normalized spacial score (nSPS) is 15.8. The van der Waals surface area contributed by atoms with Gasteiger partial charge in [-0.1, -0.05) is 6.07 Å². The molecule has 4 heterocycles. The van der Waals surface area contributed by atoms with Gasteiger partial charge in [-0.2, -0.15) is 0 Å². The SMILES string of the molecule is Cc1cnc(C(=O)N2CCC(c3cccc4nccn34)CC2)cn1. The minimum Gasteiger partial charge on any atom is -0.337 e. The summed E-state index contributed by atoms with van der Waals surface area (Å²) in [5, 5.41) is 0. The van der Waals surface area contributed by atoms with Crippen molar-refractivity contribution in [1.82, 2.24) is 24.3 Å². The Labute approximate surface area is 140 Å². The summed E-state index contributed by atoms with van der Waals surface area (Å²) in [7, 11) is 0. The highest BCUT2D eigenvalue weighted by Gasteiger charge is 2.26. The van der Waals surface area contributed by atoms with Gasteiger partial charge in [0.1, 0.15) is 11.3 Å². The van der Waals surface area contributed by atoms with Crippen LogP contribution in [-0.2, 0) is 0 Å². The third-order valence-corrected chi connectivity index (χ3v) is 4.66. The summed E-state index contributed by atoms with van der Waals surface area (Å²) >= 11 is 0. The quantitative estimate of drug-likeness (QED) is 0.727. The summed E-state index contributed by atoms with van der Waals surface area (Å²) in [6.07, 6.45) is 8.93. The van der Waals surface area contributed by atoms with Gasteiger partial charge in [0.05, 0.1) is 11.9 Å². The summed E-state index contributed by atoms with van der Waals surface area (Å²) in [5.74, 6) is 0.415. The maximum atomic E-state index is 12.5. The Hall–Kier alpha value is -2.76. The van der Waals surface area contributed by atoms with Crippen LogP contribution in [0.1, 0.15) is 40.6 Å². The van der Waals surface area contributed by atoms with Gasteiger partial charge in [0.2, 0.25) is 0 Å². The Morgan fingerprint density at radius 1 is 1.12 bits per heavy atom. The number of hydrogen-bond acceptors (Lipinski definition) is 4. The molecule has 4 rings (SSSR count). The van der Waals surface area contributed by atoms with Gasteiger partial charge in [-0.15, -0.1) is 0 Å². The molecule has 0 radical (unpaired) electrons. The molecule has 0 bridgehead atoms. The average Bonchev–Trinajstić information content (AvgIpc) is 3.11. The zero-order valence-corrected chi connectivity index (χ0v) is 13.6. The lowest BCUT2D eigenvalue weighted by molar-refractivity contribution is 0.0705. The standard InChI is InChI=1S/C18H19N5O/c1-13-11-21-15(12-20-13)18(24)22-8-5-14(6-9-22)16-3-2-4-17-19-7-10-23(16)17/h2-4,7,10-12,14H,5-6,8-9H2,1H3. The lowest BCUT2D eigenvalue weighted by Crippen LogP contribution is -2.38. The highest BCUT2D eigenvalue weighted by atomic mass is 16.2. The van der Waals surface area contributed by atoms with Crippen LogP contribution in [0.15, 0.2) is 43.0 Å². The van der Waals surface area contributed by atoms with Crippen LogP contribution < -0.4 is 0 Å². The number of aromatic nitrogens is 4. The fourth-order valence-corrected chi connectivity index (χ4v) is 3.35. The second kappa shape index (κ2) is 6.03. The van der Waals surface area contributed by atoms with E-state index in [0.29, 0.717) is 11.6 Å². The molecule has 3 aromatic heterocycles. The van der Waals surface area contributed by atoms with Crippen molar-refractivity contribution in [2.75, 3.05) is 13.1 Å². The summed E-state index contributed by atoms with van der Waals surface area (Å²) in [6, 6.07) is 6.22. The second-order valence-electron chi connectivity index (χ2n) is 6.22. The van der Waals surface area contributed by atoms with Gasteiger partial charge in [0.15, 0.2) is 0 Å². The van der Waals surface area contributed by atoms with Crippen molar-refractivity contribution in [1.29, 1.82) is 0 Å². The minimum absolute atomic E-state index is 0.0261. The maximum absolute atomic E-state index is 12.5. The number of aryl methyl sites for hydroxylation is 1. The molecule has 0 spiro atoms. The zero-order chi connectivity index (χ0) is 16.5. The number of hydrogen-bond donors (Lipinski definition) is 0. The van der Waals surface area contributed by atoms with Crippen LogP contribution >= 0.6 is 0 Å². The Morgan fingerprint density at radius 2 is 1.96 bits per heavy atom. The molecule has 1 saturated heterocycles. The molecule has 122 valence electrons. The maximum Gasteiger partial charge on any atom is 0.274 e. The van der Waals surface area contributed by atoms with Gasteiger partial charge in [-0.05, 0) is 31.9 Å². The van der Waals surface area contributed by atoms with Crippen molar-refractivity contribution in [3.8, 4) is 0 Å². The first-order valence-electron chi connectivity index (χ1n) is 8.22. The van der Waals surface area contributed by atoms with Gasteiger partial charge in [0, 0.05) is 43.3 Å². The number of pyridine rings is 1. The predicted octanol–water partition coefficient (Wildman–Crippen LogP) is 2.45. The van der Waals surface area contributed by atoms with Gasteiger partial charge in [0.25, 0.3) is 5.91 Å². The van der Waals surface area contributed by atoms with Crippen LogP contribution in [0.2, 0.25) is 0 Å². The number of fused-ring (bicyclic) bond motifs is 1. The Kier molecular flexibility index (Phi) is 3.72. The molecule has 1 amide bonds. The van der Waals surface area contributed by atoms with Crippen LogP contribution in [0.3, 0.4) is 0 Å². The summed E-state index contributed by atoms with van der Waals surface area (Å²) < 4.78 is 2.15. The van der Waals surface area contributed by atoms with Gasteiger partial charge in [-0.3, -0.25) is 9.78 Å². The van der Waals surface area contributed by atoms with Crippen molar-refractivity contribution in [2.24, 2.45) is 0 Å². The highest BCUT2D eigenvalue weighted by Crippen LogP contribution is 2.28. The first-order valence-corrected chi connectivity index (χ1v) is 8.22. The van der Waals surface area contributed by atoms with E-state index in [2.05, 4.69) is 31.5 Å². The number of rotatable bonds is 2. The van der Waals surface area contributed by atoms with Crippen LogP contribution in [0.5, 0.6) is 0 Å². The van der Waals surface area contributed by atoms with Crippen molar-refractivity contribution in [3.05, 3.63) is 60.1 Å². The van der Waals surface area contributed by atoms with Gasteiger partial charge >= 0.3 is 0 Å². The molecule has 3 aromatic rings. The van der Waals surface area contributed by atoms with Crippen LogP contribution in [0.25, 0.3) is 5.65 Å². The molecule has 0 atom stereocenters. The highest BCUT2D eigenvalue weighted by molar-refractivity contribution is 5.92. The van der Waals surface area contributed by atoms with Crippen LogP contribution in [-0.4, -0.2) is 43.2 Å². The van der Waals surface area contributed by atoms with E-state index in [9.17, 15) is 4.79 Å². The smallest absolute Gasteiger partial charge is 0.274 e. The lowest BCUT2D eigenvalue weighted by Gasteiger charge is -2.32. The number of nitrogens with zero attached hydrogens (tertiary/aromatic N) is 5. The molecule has 6 heteroatoms. The minimum atomic E-state index is -0.0261. The molecule has 1 aliphatic heterocycles. The van der Waals surface area contributed by atoms with Crippen molar-refractivity contribution >= 4 is 11.6 Å². The second-order valence-corrected chi connectivity index (χ2v) is 6.22. The molecule has 24 heavy (non-hydrogen) atoms. The first-order chi connectivity index (χ1) is 11.7. The molecular weight excluding hydrogens is 302 g/mol. The number of carbonyl (C=O) groups is 1. The monoisotopic (exact) mass is 321 g/mol. The largest absolute Gasteiger partial charge is 0.337 e. The van der Waals surface area contributed by atoms with E-state index in [-0.39, 0.29) is 5.91 Å². The van der Waals surface area contributed by atoms with Gasteiger partial charge in [-0.25, -0.2) is 9.97 Å². The van der Waals surface area contributed by atoms with Crippen molar-refractivity contribution in [2.45, 2.75) is 25.7 Å². The molecule has 0 N–H and O–H groups in total. The molecule has 1 aliphatic rings. The van der Waals surface area contributed by atoms with E-state index in [4.69, 9.17) is 0 Å². The lowest BCUT2D eigenvalue weighted by atomic mass is 9.92. The molecule has 0 unspecified atom stereocenters. The zero-order valence-electron chi connectivity index (χ0n) is 13.6. The van der Waals surface area contributed by atoms with Gasteiger partial charge < -0.3 is 9.30 Å². The van der Waals surface area contributed by atoms with Crippen molar-refractivity contribution < 1.29 is 4.79 Å². The topological polar surface area (TPSA) is 63.4 Å². The molecule has 6 nitrogen and oxygen atoms in total. The predicted molar refractivity (Wildman–Crippen MR) is 89.8 cm³/mol. The van der Waals surface area contributed by atoms with E-state index < -0.39 is 0 Å². The number of likely N-dealkylation sites (tertiary alicyclic amines) is 1. The number of amides is 1. The Balaban J connectivity index is 1.48. The van der Waals surface area contributed by atoms with E-state index >= 15 is 0 Å². The molecule has 0 saturated carbocycles. The summed E-state index contributed by atoms with van der Waals surface area (Å²) in [4.78, 5) is 27.1. The Morgan fingerprint density at radius 3 is 2.71 bits per heavy atom. The van der Waals surface area contributed by atoms with E-state index in [1.165, 1.54) is 5.69 Å². The fraction of sp³-hybridized carbons (Fsp3) is 0.333. The van der Waals surface area contributed by atoms with Crippen LogP contribution in [0.4, 0.5) is 0 Å². The third-order valence-electron chi connectivity index (χ3n) is 4.66. The van der Waals surface area contributed by atoms with E-state index in [1.807, 2.05) is 30.3 Å². The molecule has 0 aliphatic carbocycles. The van der Waals surface area contributed by atoms with E-state index in [1.54, 1.807) is 12.4 Å².